The number of esters is 1. The topological polar surface area (TPSA) is 156 Å². The van der Waals surface area contributed by atoms with Crippen LogP contribution in [0.25, 0.3) is 28.4 Å². The van der Waals surface area contributed by atoms with Crippen LogP contribution >= 0.6 is 0 Å². The Balaban J connectivity index is 1.56. The first kappa shape index (κ1) is 26.1. The van der Waals surface area contributed by atoms with E-state index >= 15 is 0 Å². The van der Waals surface area contributed by atoms with Crippen molar-refractivity contribution in [2.45, 2.75) is 19.3 Å². The minimum Gasteiger partial charge on any atom is -0.504 e. The lowest BCUT2D eigenvalue weighted by molar-refractivity contribution is -0.175. The first-order valence-corrected chi connectivity index (χ1v) is 11.3. The van der Waals surface area contributed by atoms with Gasteiger partial charge in [0.05, 0.1) is 13.7 Å². The summed E-state index contributed by atoms with van der Waals surface area (Å²) in [4.78, 5) is 23.5. The summed E-state index contributed by atoms with van der Waals surface area (Å²) in [5.41, 5.74) is 2.56. The number of hydrogen-bond acceptors (Lipinski definition) is 10. The number of ether oxygens (including phenoxy) is 3. The summed E-state index contributed by atoms with van der Waals surface area (Å²) in [5.74, 6) is -0.843. The lowest BCUT2D eigenvalue weighted by Crippen LogP contribution is -2.22. The van der Waals surface area contributed by atoms with Crippen LogP contribution in [0.2, 0.25) is 0 Å². The van der Waals surface area contributed by atoms with Crippen molar-refractivity contribution in [3.05, 3.63) is 77.4 Å². The molecule has 0 bridgehead atoms. The van der Waals surface area contributed by atoms with E-state index in [1.807, 2.05) is 0 Å². The fourth-order valence-electron chi connectivity index (χ4n) is 3.84. The zero-order chi connectivity index (χ0) is 27.2. The van der Waals surface area contributed by atoms with Gasteiger partial charge in [0.1, 0.15) is 11.3 Å². The molecule has 0 spiro atoms. The predicted molar refractivity (Wildman–Crippen MR) is 135 cm³/mol. The molecule has 4 aromatic rings. The van der Waals surface area contributed by atoms with E-state index in [4.69, 9.17) is 18.6 Å². The molecule has 0 fully saturated rings. The van der Waals surface area contributed by atoms with Gasteiger partial charge in [0.2, 0.25) is 0 Å². The molecule has 3 aromatic carbocycles. The summed E-state index contributed by atoms with van der Waals surface area (Å²) >= 11 is 0. The van der Waals surface area contributed by atoms with Crippen molar-refractivity contribution >= 4 is 29.5 Å². The highest BCUT2D eigenvalue weighted by molar-refractivity contribution is 5.96. The molecular weight excluding hydrogens is 496 g/mol. The van der Waals surface area contributed by atoms with Crippen LogP contribution in [-0.4, -0.2) is 46.3 Å². The average Bonchev–Trinajstić information content (AvgIpc) is 3.36. The summed E-state index contributed by atoms with van der Waals surface area (Å²) in [6, 6.07) is 13.8. The molecule has 1 heterocycles. The Morgan fingerprint density at radius 1 is 1.00 bits per heavy atom. The number of rotatable bonds is 10. The maximum atomic E-state index is 12.5. The van der Waals surface area contributed by atoms with Crippen LogP contribution < -0.4 is 4.74 Å². The molecule has 0 saturated heterocycles. The number of carbonyl (C=O) groups excluding carboxylic acids is 2. The van der Waals surface area contributed by atoms with Gasteiger partial charge in [-0.25, -0.2) is 4.79 Å². The third-order valence-electron chi connectivity index (χ3n) is 5.73. The maximum absolute atomic E-state index is 12.5. The number of fused-ring (bicyclic) bond motifs is 1. The van der Waals surface area contributed by atoms with Crippen molar-refractivity contribution in [1.82, 2.24) is 0 Å². The largest absolute Gasteiger partial charge is 0.504 e. The number of carbonyl (C=O) groups is 2. The molecule has 38 heavy (non-hydrogen) atoms. The molecule has 4 rings (SSSR count). The normalized spacial score (nSPS) is 11.9. The Morgan fingerprint density at radius 3 is 2.50 bits per heavy atom. The van der Waals surface area contributed by atoms with Gasteiger partial charge in [-0.05, 0) is 53.6 Å². The van der Waals surface area contributed by atoms with E-state index in [2.05, 4.69) is 0 Å². The van der Waals surface area contributed by atoms with E-state index in [9.17, 15) is 30.0 Å². The second-order valence-corrected chi connectivity index (χ2v) is 8.17. The number of furan rings is 1. The van der Waals surface area contributed by atoms with E-state index in [0.29, 0.717) is 39.0 Å². The summed E-state index contributed by atoms with van der Waals surface area (Å²) in [7, 11) is 1.39. The predicted octanol–water partition coefficient (Wildman–Crippen LogP) is 4.02. The van der Waals surface area contributed by atoms with E-state index in [0.717, 1.165) is 6.08 Å². The number of phenols is 3. The Labute approximate surface area is 216 Å². The van der Waals surface area contributed by atoms with Crippen LogP contribution in [0.5, 0.6) is 23.0 Å². The van der Waals surface area contributed by atoms with Crippen LogP contribution in [0, 0.1) is 0 Å². The first-order valence-electron chi connectivity index (χ1n) is 11.3. The molecule has 0 aliphatic rings. The fourth-order valence-corrected chi connectivity index (χ4v) is 3.84. The zero-order valence-electron chi connectivity index (χ0n) is 20.2. The highest BCUT2D eigenvalue weighted by Gasteiger charge is 2.17. The number of aromatic hydroxyl groups is 3. The van der Waals surface area contributed by atoms with Crippen LogP contribution in [0.15, 0.2) is 65.1 Å². The van der Waals surface area contributed by atoms with Crippen molar-refractivity contribution in [1.29, 1.82) is 0 Å². The minimum atomic E-state index is -1.22. The number of benzene rings is 3. The monoisotopic (exact) mass is 520 g/mol. The highest BCUT2D eigenvalue weighted by atomic mass is 16.7. The Hall–Kier alpha value is -4.96. The highest BCUT2D eigenvalue weighted by Crippen LogP contribution is 2.36. The molecule has 1 aromatic heterocycles. The van der Waals surface area contributed by atoms with Crippen molar-refractivity contribution < 1.29 is 48.6 Å². The van der Waals surface area contributed by atoms with Crippen LogP contribution in [0.4, 0.5) is 0 Å². The Bertz CT molecular complexity index is 1500. The van der Waals surface area contributed by atoms with Crippen molar-refractivity contribution in [3.8, 4) is 34.3 Å². The van der Waals surface area contributed by atoms with Crippen LogP contribution in [0.1, 0.15) is 16.7 Å². The second-order valence-electron chi connectivity index (χ2n) is 8.17. The summed E-state index contributed by atoms with van der Waals surface area (Å²) in [6.45, 7) is -0.117. The van der Waals surface area contributed by atoms with E-state index < -0.39 is 12.3 Å². The van der Waals surface area contributed by atoms with Crippen molar-refractivity contribution in [2.24, 2.45) is 0 Å². The van der Waals surface area contributed by atoms with Gasteiger partial charge in [-0.2, -0.15) is 0 Å². The van der Waals surface area contributed by atoms with Crippen molar-refractivity contribution in [2.75, 3.05) is 7.11 Å². The molecule has 1 unspecified atom stereocenters. The minimum absolute atomic E-state index is 0.0228. The quantitative estimate of drug-likeness (QED) is 0.0792. The third-order valence-corrected chi connectivity index (χ3v) is 5.73. The molecule has 0 saturated carbocycles. The van der Waals surface area contributed by atoms with Gasteiger partial charge >= 0.3 is 5.97 Å². The number of aliphatic hydroxyl groups is 1. The SMILES string of the molecule is COc1cc(CC(OC=O)OC(=O)/C=C/c2ccc(CO)c3oc(-c4ccc(O)c(O)c4)cc23)ccc1O. The Morgan fingerprint density at radius 2 is 1.79 bits per heavy atom. The summed E-state index contributed by atoms with van der Waals surface area (Å²) < 4.78 is 21.2. The number of hydrogen-bond donors (Lipinski definition) is 4. The van der Waals surface area contributed by atoms with Gasteiger partial charge in [-0.15, -0.1) is 0 Å². The summed E-state index contributed by atoms with van der Waals surface area (Å²) in [5, 5.41) is 39.5. The summed E-state index contributed by atoms with van der Waals surface area (Å²) in [6.07, 6.45) is 1.44. The molecule has 1 atom stereocenters. The van der Waals surface area contributed by atoms with Gasteiger partial charge in [-0.1, -0.05) is 18.2 Å². The standard InChI is InChI=1S/C28H24O10/c1-35-25-10-16(2-7-22(25)32)11-27(36-15-30)38-26(34)9-6-17-3-4-19(14-29)28-20(17)13-24(37-28)18-5-8-21(31)23(33)12-18/h2-10,12-13,15,27,29,31-33H,11,14H2,1H3/b9-6+. The number of aliphatic hydroxyl groups excluding tert-OH is 1. The van der Waals surface area contributed by atoms with Crippen LogP contribution in [0.3, 0.4) is 0 Å². The zero-order valence-corrected chi connectivity index (χ0v) is 20.2. The average molecular weight is 520 g/mol. The maximum Gasteiger partial charge on any atom is 0.333 e. The molecule has 0 amide bonds. The molecule has 196 valence electrons. The van der Waals surface area contributed by atoms with E-state index in [1.165, 1.54) is 37.5 Å². The molecule has 4 N–H and O–H groups in total. The van der Waals surface area contributed by atoms with E-state index in [-0.39, 0.29) is 42.5 Å². The molecule has 0 aliphatic heterocycles. The lowest BCUT2D eigenvalue weighted by Gasteiger charge is -2.15. The van der Waals surface area contributed by atoms with Crippen LogP contribution in [-0.2, 0) is 32.1 Å². The third kappa shape index (κ3) is 5.71. The van der Waals surface area contributed by atoms with Gasteiger partial charge < -0.3 is 39.1 Å². The molecular formula is C28H24O10. The smallest absolute Gasteiger partial charge is 0.333 e. The first-order chi connectivity index (χ1) is 18.3. The lowest BCUT2D eigenvalue weighted by atomic mass is 10.0. The number of methoxy groups -OCH3 is 1. The molecule has 10 heteroatoms. The molecule has 0 aliphatic carbocycles. The van der Waals surface area contributed by atoms with Gasteiger partial charge in [0.25, 0.3) is 12.8 Å². The molecule has 0 radical (unpaired) electrons. The molecule has 10 nitrogen and oxygen atoms in total. The van der Waals surface area contributed by atoms with Gasteiger partial charge in [-0.3, -0.25) is 4.79 Å². The second kappa shape index (κ2) is 11.4. The Kier molecular flexibility index (Phi) is 7.83. The van der Waals surface area contributed by atoms with Crippen molar-refractivity contribution in [3.63, 3.8) is 0 Å². The van der Waals surface area contributed by atoms with Gasteiger partial charge in [0, 0.05) is 29.0 Å². The number of phenolic OH excluding ortho intramolecular Hbond substituents is 3. The van der Waals surface area contributed by atoms with E-state index in [1.54, 1.807) is 30.3 Å². The fraction of sp³-hybridized carbons (Fsp3) is 0.143. The van der Waals surface area contributed by atoms with Gasteiger partial charge in [0.15, 0.2) is 23.0 Å².